The third-order valence-electron chi connectivity index (χ3n) is 2.72. The quantitative estimate of drug-likeness (QED) is 0.638. The number of hydrogen-bond acceptors (Lipinski definition) is 0. The Morgan fingerprint density at radius 3 is 2.13 bits per heavy atom. The van der Waals surface area contributed by atoms with Crippen LogP contribution in [0.1, 0.15) is 11.1 Å². The summed E-state index contributed by atoms with van der Waals surface area (Å²) in [4.78, 5) is 0. The lowest BCUT2D eigenvalue weighted by Gasteiger charge is -2.11. The molecule has 2 aromatic carbocycles. The number of aryl methyl sites for hydroxylation is 2. The Bertz CT molecular complexity index is 466. The van der Waals surface area contributed by atoms with Crippen LogP contribution in [0.2, 0.25) is 0 Å². The van der Waals surface area contributed by atoms with E-state index in [9.17, 15) is 0 Å². The largest absolute Gasteiger partial charge is 0.105 e. The molecule has 0 nitrogen and oxygen atoms in total. The van der Waals surface area contributed by atoms with Crippen molar-refractivity contribution in [3.8, 4) is 11.1 Å². The van der Waals surface area contributed by atoms with Gasteiger partial charge in [0.15, 0.2) is 0 Å². The molecule has 0 fully saturated rings. The van der Waals surface area contributed by atoms with Crippen LogP contribution >= 0.6 is 9.24 Å². The minimum atomic E-state index is 1.27. The van der Waals surface area contributed by atoms with Gasteiger partial charge in [-0.3, -0.25) is 0 Å². The van der Waals surface area contributed by atoms with Crippen molar-refractivity contribution in [2.75, 3.05) is 0 Å². The van der Waals surface area contributed by atoms with E-state index in [0.29, 0.717) is 0 Å². The van der Waals surface area contributed by atoms with E-state index in [2.05, 4.69) is 65.6 Å². The van der Waals surface area contributed by atoms with Crippen molar-refractivity contribution in [1.82, 2.24) is 0 Å². The molecule has 2 rings (SSSR count). The highest BCUT2D eigenvalue weighted by molar-refractivity contribution is 7.28. The summed E-state index contributed by atoms with van der Waals surface area (Å²) in [6.45, 7) is 4.32. The summed E-state index contributed by atoms with van der Waals surface area (Å²) in [6.07, 6.45) is 0. The monoisotopic (exact) mass is 214 g/mol. The summed E-state index contributed by atoms with van der Waals surface area (Å²) >= 11 is 0. The Balaban J connectivity index is 2.69. The van der Waals surface area contributed by atoms with Crippen LogP contribution < -0.4 is 5.30 Å². The van der Waals surface area contributed by atoms with E-state index in [4.69, 9.17) is 0 Å². The fraction of sp³-hybridized carbons (Fsp3) is 0.143. The second-order valence-electron chi connectivity index (χ2n) is 3.85. The summed E-state index contributed by atoms with van der Waals surface area (Å²) in [5, 5.41) is 1.27. The first kappa shape index (κ1) is 10.4. The fourth-order valence-electron chi connectivity index (χ4n) is 1.91. The average molecular weight is 214 g/mol. The average Bonchev–Trinajstić information content (AvgIpc) is 2.20. The Kier molecular flexibility index (Phi) is 2.88. The maximum Gasteiger partial charge on any atom is -0.00803 e. The Morgan fingerprint density at radius 2 is 1.47 bits per heavy atom. The van der Waals surface area contributed by atoms with Crippen LogP contribution in [0.25, 0.3) is 11.1 Å². The van der Waals surface area contributed by atoms with Crippen molar-refractivity contribution in [3.63, 3.8) is 0 Å². The van der Waals surface area contributed by atoms with Gasteiger partial charge in [-0.25, -0.2) is 0 Å². The van der Waals surface area contributed by atoms with Crippen LogP contribution in [0.4, 0.5) is 0 Å². The number of hydrogen-bond donors (Lipinski definition) is 0. The topological polar surface area (TPSA) is 0 Å². The van der Waals surface area contributed by atoms with Gasteiger partial charge in [-0.1, -0.05) is 42.5 Å². The van der Waals surface area contributed by atoms with Gasteiger partial charge in [-0.05, 0) is 41.4 Å². The van der Waals surface area contributed by atoms with Gasteiger partial charge in [0.2, 0.25) is 0 Å². The van der Waals surface area contributed by atoms with Crippen LogP contribution in [0.5, 0.6) is 0 Å². The predicted molar refractivity (Wildman–Crippen MR) is 70.7 cm³/mol. The summed E-state index contributed by atoms with van der Waals surface area (Å²) in [5.74, 6) is 0. The molecule has 1 atom stereocenters. The molecule has 0 aliphatic heterocycles. The molecule has 0 amide bonds. The first-order valence-electron chi connectivity index (χ1n) is 5.11. The van der Waals surface area contributed by atoms with Gasteiger partial charge in [0.25, 0.3) is 0 Å². The van der Waals surface area contributed by atoms with Crippen molar-refractivity contribution < 1.29 is 0 Å². The minimum absolute atomic E-state index is 1.27. The third-order valence-corrected chi connectivity index (χ3v) is 3.20. The van der Waals surface area contributed by atoms with Crippen LogP contribution in [-0.2, 0) is 0 Å². The van der Waals surface area contributed by atoms with E-state index in [1.807, 2.05) is 0 Å². The molecule has 1 unspecified atom stereocenters. The van der Waals surface area contributed by atoms with Gasteiger partial charge in [0, 0.05) is 0 Å². The zero-order valence-electron chi connectivity index (χ0n) is 9.12. The Labute approximate surface area is 93.5 Å². The molecule has 0 N–H and O–H groups in total. The van der Waals surface area contributed by atoms with Gasteiger partial charge in [0.1, 0.15) is 0 Å². The molecule has 1 heteroatoms. The second-order valence-corrected chi connectivity index (χ2v) is 4.48. The molecular weight excluding hydrogens is 199 g/mol. The number of rotatable bonds is 1. The highest BCUT2D eigenvalue weighted by atomic mass is 31.0. The smallest absolute Gasteiger partial charge is 0.00803 e. The first-order chi connectivity index (χ1) is 7.20. The summed E-state index contributed by atoms with van der Waals surface area (Å²) < 4.78 is 0. The zero-order valence-corrected chi connectivity index (χ0v) is 10.3. The van der Waals surface area contributed by atoms with E-state index in [-0.39, 0.29) is 0 Å². The van der Waals surface area contributed by atoms with Crippen molar-refractivity contribution in [1.29, 1.82) is 0 Å². The molecular formula is C14H15P. The van der Waals surface area contributed by atoms with Crippen molar-refractivity contribution in [3.05, 3.63) is 53.6 Å². The molecule has 76 valence electrons. The molecule has 15 heavy (non-hydrogen) atoms. The van der Waals surface area contributed by atoms with Crippen LogP contribution in [0, 0.1) is 13.8 Å². The molecule has 0 spiro atoms. The Hall–Kier alpha value is -1.13. The third kappa shape index (κ3) is 1.96. The molecule has 0 aromatic heterocycles. The van der Waals surface area contributed by atoms with E-state index in [1.165, 1.54) is 27.6 Å². The lowest BCUT2D eigenvalue weighted by molar-refractivity contribution is 1.42. The lowest BCUT2D eigenvalue weighted by Crippen LogP contribution is -2.00. The standard InChI is InChI=1S/C14H15P/c1-10-6-3-4-8-12(10)14-11(2)7-5-9-13(14)15/h3-9H,15H2,1-2H3. The maximum absolute atomic E-state index is 2.82. The van der Waals surface area contributed by atoms with Crippen LogP contribution in [0.3, 0.4) is 0 Å². The van der Waals surface area contributed by atoms with Crippen molar-refractivity contribution in [2.24, 2.45) is 0 Å². The van der Waals surface area contributed by atoms with Crippen LogP contribution in [-0.4, -0.2) is 0 Å². The molecule has 0 saturated carbocycles. The van der Waals surface area contributed by atoms with Gasteiger partial charge in [0.05, 0.1) is 0 Å². The molecule has 0 saturated heterocycles. The minimum Gasteiger partial charge on any atom is -0.105 e. The van der Waals surface area contributed by atoms with Gasteiger partial charge in [-0.2, -0.15) is 0 Å². The normalized spacial score (nSPS) is 10.3. The SMILES string of the molecule is Cc1ccccc1-c1c(C)cccc1P. The first-order valence-corrected chi connectivity index (χ1v) is 5.69. The van der Waals surface area contributed by atoms with Gasteiger partial charge >= 0.3 is 0 Å². The van der Waals surface area contributed by atoms with Crippen molar-refractivity contribution >= 4 is 14.5 Å². The van der Waals surface area contributed by atoms with Gasteiger partial charge < -0.3 is 0 Å². The Morgan fingerprint density at radius 1 is 0.800 bits per heavy atom. The van der Waals surface area contributed by atoms with Crippen molar-refractivity contribution in [2.45, 2.75) is 13.8 Å². The molecule has 0 aliphatic carbocycles. The fourth-order valence-corrected chi connectivity index (χ4v) is 2.41. The van der Waals surface area contributed by atoms with E-state index < -0.39 is 0 Å². The van der Waals surface area contributed by atoms with E-state index in [1.54, 1.807) is 0 Å². The summed E-state index contributed by atoms with van der Waals surface area (Å²) in [5.41, 5.74) is 5.34. The molecule has 0 heterocycles. The lowest BCUT2D eigenvalue weighted by atomic mass is 9.97. The maximum atomic E-state index is 2.82. The molecule has 0 radical (unpaired) electrons. The summed E-state index contributed by atoms with van der Waals surface area (Å²) in [6, 6.07) is 14.9. The van der Waals surface area contributed by atoms with Gasteiger partial charge in [-0.15, -0.1) is 9.24 Å². The number of benzene rings is 2. The van der Waals surface area contributed by atoms with E-state index >= 15 is 0 Å². The zero-order chi connectivity index (χ0) is 10.8. The molecule has 2 aromatic rings. The highest BCUT2D eigenvalue weighted by Crippen LogP contribution is 2.25. The van der Waals surface area contributed by atoms with Crippen LogP contribution in [0.15, 0.2) is 42.5 Å². The summed E-state index contributed by atoms with van der Waals surface area (Å²) in [7, 11) is 2.82. The van der Waals surface area contributed by atoms with E-state index in [0.717, 1.165) is 0 Å². The molecule has 0 bridgehead atoms. The molecule has 0 aliphatic rings. The highest BCUT2D eigenvalue weighted by Gasteiger charge is 2.06. The predicted octanol–water partition coefficient (Wildman–Crippen LogP) is 3.47. The second kappa shape index (κ2) is 4.16.